The van der Waals surface area contributed by atoms with Crippen molar-refractivity contribution in [1.82, 2.24) is 0 Å². The van der Waals surface area contributed by atoms with Crippen molar-refractivity contribution in [3.8, 4) is 0 Å². The average Bonchev–Trinajstić information content (AvgIpc) is 2.01. The van der Waals surface area contributed by atoms with Crippen LogP contribution in [0.2, 0.25) is 0 Å². The lowest BCUT2D eigenvalue weighted by molar-refractivity contribution is 0.624. The van der Waals surface area contributed by atoms with Gasteiger partial charge in [0.2, 0.25) is 3.79 Å². The van der Waals surface area contributed by atoms with E-state index in [0.717, 1.165) is 6.07 Å². The molecule has 0 aliphatic carbocycles. The summed E-state index contributed by atoms with van der Waals surface area (Å²) in [7, 11) is 0. The molecular formula is C8H4Cl5F. The van der Waals surface area contributed by atoms with Gasteiger partial charge in [-0.05, 0) is 23.8 Å². The third-order valence-electron chi connectivity index (χ3n) is 1.50. The molecule has 0 saturated heterocycles. The molecule has 0 heterocycles. The average molecular weight is 296 g/mol. The van der Waals surface area contributed by atoms with Crippen LogP contribution in [0.15, 0.2) is 18.2 Å². The highest BCUT2D eigenvalue weighted by Crippen LogP contribution is 2.40. The van der Waals surface area contributed by atoms with Gasteiger partial charge in [-0.15, -0.1) is 23.2 Å². The molecule has 0 radical (unpaired) electrons. The Kier molecular flexibility index (Phi) is 4.19. The highest BCUT2D eigenvalue weighted by atomic mass is 35.6. The summed E-state index contributed by atoms with van der Waals surface area (Å²) in [6.45, 7) is 0. The summed E-state index contributed by atoms with van der Waals surface area (Å²) in [4.78, 5) is -0.850. The van der Waals surface area contributed by atoms with Gasteiger partial charge in [0, 0.05) is 5.56 Å². The van der Waals surface area contributed by atoms with Crippen LogP contribution in [0.25, 0.3) is 0 Å². The quantitative estimate of drug-likeness (QED) is 0.630. The van der Waals surface area contributed by atoms with E-state index in [1.54, 1.807) is 0 Å². The maximum Gasteiger partial charge on any atom is 0.216 e. The molecule has 0 unspecified atom stereocenters. The maximum atomic E-state index is 13.0. The SMILES string of the molecule is Fc1cc(C(Cl)Cl)cc(C(Cl)(Cl)Cl)c1. The first-order valence-electron chi connectivity index (χ1n) is 3.46. The molecular weight excluding hydrogens is 292 g/mol. The van der Waals surface area contributed by atoms with Crippen molar-refractivity contribution >= 4 is 58.0 Å². The molecule has 0 nitrogen and oxygen atoms in total. The van der Waals surface area contributed by atoms with Gasteiger partial charge in [0.1, 0.15) is 10.7 Å². The van der Waals surface area contributed by atoms with Gasteiger partial charge in [0.25, 0.3) is 0 Å². The van der Waals surface area contributed by atoms with E-state index in [1.807, 2.05) is 0 Å². The van der Waals surface area contributed by atoms with Crippen LogP contribution < -0.4 is 0 Å². The van der Waals surface area contributed by atoms with Gasteiger partial charge in [0.15, 0.2) is 0 Å². The molecule has 78 valence electrons. The van der Waals surface area contributed by atoms with E-state index in [2.05, 4.69) is 0 Å². The fraction of sp³-hybridized carbons (Fsp3) is 0.250. The normalized spacial score (nSPS) is 12.2. The van der Waals surface area contributed by atoms with Gasteiger partial charge < -0.3 is 0 Å². The van der Waals surface area contributed by atoms with Crippen molar-refractivity contribution in [3.63, 3.8) is 0 Å². The Balaban J connectivity index is 3.21. The molecule has 14 heavy (non-hydrogen) atoms. The second-order valence-electron chi connectivity index (χ2n) is 2.57. The first-order chi connectivity index (χ1) is 6.30. The zero-order valence-corrected chi connectivity index (χ0v) is 10.4. The Morgan fingerprint density at radius 2 is 1.64 bits per heavy atom. The first kappa shape index (κ1) is 12.7. The van der Waals surface area contributed by atoms with Crippen LogP contribution in [0.3, 0.4) is 0 Å². The first-order valence-corrected chi connectivity index (χ1v) is 5.47. The molecule has 1 aromatic rings. The molecule has 0 N–H and O–H groups in total. The smallest absolute Gasteiger partial charge is 0.207 e. The predicted molar refractivity (Wildman–Crippen MR) is 60.1 cm³/mol. The van der Waals surface area contributed by atoms with Crippen LogP contribution in [0, 0.1) is 5.82 Å². The third-order valence-corrected chi connectivity index (χ3v) is 2.66. The monoisotopic (exact) mass is 294 g/mol. The molecule has 0 bridgehead atoms. The Hall–Kier alpha value is 0.600. The topological polar surface area (TPSA) is 0 Å². The van der Waals surface area contributed by atoms with Crippen LogP contribution in [0.4, 0.5) is 4.39 Å². The van der Waals surface area contributed by atoms with Crippen LogP contribution >= 0.6 is 58.0 Å². The lowest BCUT2D eigenvalue weighted by Crippen LogP contribution is -2.02. The lowest BCUT2D eigenvalue weighted by atomic mass is 10.1. The molecule has 0 amide bonds. The Morgan fingerprint density at radius 3 is 2.07 bits per heavy atom. The van der Waals surface area contributed by atoms with E-state index in [1.165, 1.54) is 12.1 Å². The van der Waals surface area contributed by atoms with E-state index in [4.69, 9.17) is 58.0 Å². The summed E-state index contributed by atoms with van der Waals surface area (Å²) in [5, 5.41) is 0. The number of rotatable bonds is 1. The highest BCUT2D eigenvalue weighted by Gasteiger charge is 2.24. The Morgan fingerprint density at radius 1 is 1.07 bits per heavy atom. The van der Waals surface area contributed by atoms with Crippen LogP contribution in [-0.4, -0.2) is 0 Å². The van der Waals surface area contributed by atoms with E-state index in [9.17, 15) is 4.39 Å². The zero-order valence-electron chi connectivity index (χ0n) is 6.58. The number of halogens is 6. The standard InChI is InChI=1S/C8H4Cl5F/c9-7(10)4-1-5(8(11,12)13)3-6(14)2-4/h1-3,7H. The van der Waals surface area contributed by atoms with Crippen molar-refractivity contribution < 1.29 is 4.39 Å². The molecule has 0 fully saturated rings. The number of benzene rings is 1. The fourth-order valence-electron chi connectivity index (χ4n) is 0.902. The van der Waals surface area contributed by atoms with Crippen LogP contribution in [-0.2, 0) is 3.79 Å². The van der Waals surface area contributed by atoms with Crippen molar-refractivity contribution in [2.45, 2.75) is 8.63 Å². The van der Waals surface area contributed by atoms with Crippen molar-refractivity contribution in [2.24, 2.45) is 0 Å². The fourth-order valence-corrected chi connectivity index (χ4v) is 1.48. The molecule has 0 saturated carbocycles. The summed E-state index contributed by atoms with van der Waals surface area (Å²) in [5.74, 6) is -0.546. The summed E-state index contributed by atoms with van der Waals surface area (Å²) < 4.78 is 11.3. The summed E-state index contributed by atoms with van der Waals surface area (Å²) in [6, 6.07) is 3.75. The Bertz CT molecular complexity index is 331. The van der Waals surface area contributed by atoms with Gasteiger partial charge >= 0.3 is 0 Å². The highest BCUT2D eigenvalue weighted by molar-refractivity contribution is 6.66. The van der Waals surface area contributed by atoms with Crippen molar-refractivity contribution in [3.05, 3.63) is 35.1 Å². The van der Waals surface area contributed by atoms with E-state index in [0.29, 0.717) is 5.56 Å². The minimum Gasteiger partial charge on any atom is -0.207 e. The second-order valence-corrected chi connectivity index (χ2v) is 5.95. The Labute approximate surface area is 106 Å². The largest absolute Gasteiger partial charge is 0.216 e. The minimum atomic E-state index is -1.68. The van der Waals surface area contributed by atoms with E-state index < -0.39 is 14.4 Å². The second kappa shape index (κ2) is 4.63. The molecule has 1 aromatic carbocycles. The van der Waals surface area contributed by atoms with E-state index >= 15 is 0 Å². The van der Waals surface area contributed by atoms with Gasteiger partial charge in [-0.1, -0.05) is 34.8 Å². The van der Waals surface area contributed by atoms with Gasteiger partial charge in [-0.25, -0.2) is 4.39 Å². The van der Waals surface area contributed by atoms with Gasteiger partial charge in [-0.2, -0.15) is 0 Å². The summed E-state index contributed by atoms with van der Waals surface area (Å²) in [6.07, 6.45) is 0. The van der Waals surface area contributed by atoms with E-state index in [-0.39, 0.29) is 5.56 Å². The molecule has 1 rings (SSSR count). The van der Waals surface area contributed by atoms with Crippen molar-refractivity contribution in [1.29, 1.82) is 0 Å². The zero-order chi connectivity index (χ0) is 10.9. The molecule has 0 aliphatic heterocycles. The lowest BCUT2D eigenvalue weighted by Gasteiger charge is -2.13. The number of hydrogen-bond donors (Lipinski definition) is 0. The molecule has 6 heteroatoms. The third kappa shape index (κ3) is 3.32. The summed E-state index contributed by atoms with van der Waals surface area (Å²) >= 11 is 27.9. The number of alkyl halides is 5. The van der Waals surface area contributed by atoms with Gasteiger partial charge in [-0.3, -0.25) is 0 Å². The summed E-state index contributed by atoms with van der Waals surface area (Å²) in [5.41, 5.74) is 0.554. The van der Waals surface area contributed by atoms with Crippen molar-refractivity contribution in [2.75, 3.05) is 0 Å². The molecule has 0 aliphatic rings. The minimum absolute atomic E-state index is 0.198. The molecule has 0 atom stereocenters. The number of hydrogen-bond acceptors (Lipinski definition) is 0. The molecule has 0 spiro atoms. The molecule has 0 aromatic heterocycles. The van der Waals surface area contributed by atoms with Gasteiger partial charge in [0.05, 0.1) is 0 Å². The van der Waals surface area contributed by atoms with Crippen LogP contribution in [0.1, 0.15) is 16.0 Å². The predicted octanol–water partition coefficient (Wildman–Crippen LogP) is 5.13. The maximum absolute atomic E-state index is 13.0. The van der Waals surface area contributed by atoms with Crippen LogP contribution in [0.5, 0.6) is 0 Å².